The molecule has 0 heterocycles. The molecule has 1 aliphatic rings. The Morgan fingerprint density at radius 3 is 2.52 bits per heavy atom. The van der Waals surface area contributed by atoms with E-state index in [1.54, 1.807) is 14.2 Å². The van der Waals surface area contributed by atoms with Gasteiger partial charge in [0.25, 0.3) is 0 Å². The molecule has 0 aliphatic heterocycles. The van der Waals surface area contributed by atoms with Crippen molar-refractivity contribution in [3.8, 4) is 0 Å². The van der Waals surface area contributed by atoms with E-state index in [1.165, 1.54) is 11.1 Å². The third kappa shape index (κ3) is 5.42. The second kappa shape index (κ2) is 8.17. The fraction of sp³-hybridized carbons (Fsp3) is 0.632. The summed E-state index contributed by atoms with van der Waals surface area (Å²) in [5.74, 6) is 0. The average Bonchev–Trinajstić information content (AvgIpc) is 2.89. The third-order valence-electron chi connectivity index (χ3n) is 4.20. The Morgan fingerprint density at radius 1 is 1.24 bits per heavy atom. The molecule has 2 N–H and O–H groups in total. The van der Waals surface area contributed by atoms with Crippen LogP contribution >= 0.6 is 0 Å². The number of ether oxygens (including phenoxy) is 3. The zero-order valence-electron chi connectivity index (χ0n) is 16.0. The normalized spacial score (nSPS) is 18.1. The van der Waals surface area contributed by atoms with Crippen LogP contribution in [0, 0.1) is 0 Å². The van der Waals surface area contributed by atoms with E-state index in [9.17, 15) is 4.79 Å². The number of amides is 1. The maximum absolute atomic E-state index is 11.9. The Hall–Kier alpha value is -1.63. The summed E-state index contributed by atoms with van der Waals surface area (Å²) in [6.45, 7) is 7.59. The van der Waals surface area contributed by atoms with Gasteiger partial charge >= 0.3 is 6.09 Å². The number of rotatable bonds is 6. The summed E-state index contributed by atoms with van der Waals surface area (Å²) in [5.41, 5.74) is 2.75. The van der Waals surface area contributed by atoms with Gasteiger partial charge in [-0.15, -0.1) is 0 Å². The summed E-state index contributed by atoms with van der Waals surface area (Å²) >= 11 is 0. The molecule has 1 aliphatic carbocycles. The molecule has 1 aromatic carbocycles. The first kappa shape index (κ1) is 19.7. The molecule has 6 nitrogen and oxygen atoms in total. The van der Waals surface area contributed by atoms with E-state index in [0.717, 1.165) is 18.5 Å². The Morgan fingerprint density at radius 2 is 1.92 bits per heavy atom. The van der Waals surface area contributed by atoms with Crippen molar-refractivity contribution in [1.29, 1.82) is 0 Å². The number of carbonyl (C=O) groups excluding carboxylic acids is 1. The number of fused-ring (bicyclic) bond motifs is 1. The lowest BCUT2D eigenvalue weighted by atomic mass is 10.1. The first-order chi connectivity index (χ1) is 11.7. The highest BCUT2D eigenvalue weighted by atomic mass is 16.7. The largest absolute Gasteiger partial charge is 0.444 e. The summed E-state index contributed by atoms with van der Waals surface area (Å²) in [7, 11) is 3.28. The van der Waals surface area contributed by atoms with Crippen molar-refractivity contribution in [3.63, 3.8) is 0 Å². The van der Waals surface area contributed by atoms with Crippen LogP contribution in [0.4, 0.5) is 10.5 Å². The molecular formula is C19H30N2O4. The van der Waals surface area contributed by atoms with Gasteiger partial charge in [0.1, 0.15) is 5.60 Å². The van der Waals surface area contributed by atoms with Gasteiger partial charge in [-0.25, -0.2) is 4.79 Å². The van der Waals surface area contributed by atoms with Crippen LogP contribution in [0.25, 0.3) is 0 Å². The van der Waals surface area contributed by atoms with Crippen molar-refractivity contribution in [2.75, 3.05) is 19.5 Å². The molecule has 0 saturated heterocycles. The number of hydrogen-bond donors (Lipinski definition) is 2. The number of benzene rings is 1. The van der Waals surface area contributed by atoms with Gasteiger partial charge in [0.05, 0.1) is 6.04 Å². The van der Waals surface area contributed by atoms with Crippen molar-refractivity contribution in [2.45, 2.75) is 64.5 Å². The van der Waals surface area contributed by atoms with Crippen LogP contribution in [-0.2, 0) is 20.6 Å². The molecule has 140 valence electrons. The summed E-state index contributed by atoms with van der Waals surface area (Å²) in [6.07, 6.45) is 1.26. The van der Waals surface area contributed by atoms with Gasteiger partial charge in [0, 0.05) is 25.9 Å². The van der Waals surface area contributed by atoms with E-state index in [0.29, 0.717) is 0 Å². The molecule has 2 atom stereocenters. The standard InChI is InChI=1S/C19H30N2O4/c1-12(17(23-5)24-6)20-16-10-7-13-11-14(8-9-15(13)16)21-18(22)25-19(2,3)4/h8-9,11-12,16-17,20H,7,10H2,1-6H3,(H,21,22). The van der Waals surface area contributed by atoms with Crippen LogP contribution < -0.4 is 10.6 Å². The average molecular weight is 350 g/mol. The van der Waals surface area contributed by atoms with Crippen LogP contribution in [0.3, 0.4) is 0 Å². The first-order valence-electron chi connectivity index (χ1n) is 8.68. The molecule has 0 saturated carbocycles. The molecule has 0 spiro atoms. The van der Waals surface area contributed by atoms with E-state index in [1.807, 2.05) is 39.8 Å². The fourth-order valence-corrected chi connectivity index (χ4v) is 3.19. The van der Waals surface area contributed by atoms with Gasteiger partial charge in [0.2, 0.25) is 0 Å². The number of anilines is 1. The minimum Gasteiger partial charge on any atom is -0.444 e. The lowest BCUT2D eigenvalue weighted by Gasteiger charge is -2.26. The van der Waals surface area contributed by atoms with E-state index in [2.05, 4.69) is 16.7 Å². The number of aryl methyl sites for hydroxylation is 1. The quantitative estimate of drug-likeness (QED) is 0.767. The Labute approximate surface area is 150 Å². The number of methoxy groups -OCH3 is 2. The van der Waals surface area contributed by atoms with E-state index >= 15 is 0 Å². The SMILES string of the molecule is COC(OC)C(C)NC1CCc2cc(NC(=O)OC(C)(C)C)ccc21. The summed E-state index contributed by atoms with van der Waals surface area (Å²) < 4.78 is 15.9. The second-order valence-corrected chi connectivity index (χ2v) is 7.43. The van der Waals surface area contributed by atoms with Gasteiger partial charge < -0.3 is 19.5 Å². The molecular weight excluding hydrogens is 320 g/mol. The minimum absolute atomic E-state index is 0.0746. The van der Waals surface area contributed by atoms with E-state index in [4.69, 9.17) is 14.2 Å². The first-order valence-corrected chi connectivity index (χ1v) is 8.68. The highest BCUT2D eigenvalue weighted by Crippen LogP contribution is 2.33. The van der Waals surface area contributed by atoms with Gasteiger partial charge in [-0.2, -0.15) is 0 Å². The zero-order chi connectivity index (χ0) is 18.6. The van der Waals surface area contributed by atoms with Crippen LogP contribution in [0.1, 0.15) is 51.3 Å². The molecule has 0 bridgehead atoms. The zero-order valence-corrected chi connectivity index (χ0v) is 16.0. The second-order valence-electron chi connectivity index (χ2n) is 7.43. The molecule has 0 radical (unpaired) electrons. The molecule has 1 aromatic rings. The van der Waals surface area contributed by atoms with Crippen molar-refractivity contribution in [2.24, 2.45) is 0 Å². The maximum Gasteiger partial charge on any atom is 0.412 e. The summed E-state index contributed by atoms with van der Waals surface area (Å²) in [5, 5.41) is 6.36. The van der Waals surface area contributed by atoms with Crippen LogP contribution in [-0.4, -0.2) is 38.2 Å². The Balaban J connectivity index is 2.01. The molecule has 0 fully saturated rings. The predicted molar refractivity (Wildman–Crippen MR) is 97.8 cm³/mol. The predicted octanol–water partition coefficient (Wildman–Crippen LogP) is 3.62. The summed E-state index contributed by atoms with van der Waals surface area (Å²) in [4.78, 5) is 11.9. The minimum atomic E-state index is -0.509. The lowest BCUT2D eigenvalue weighted by Crippen LogP contribution is -2.41. The van der Waals surface area contributed by atoms with Crippen LogP contribution in [0.15, 0.2) is 18.2 Å². The fourth-order valence-electron chi connectivity index (χ4n) is 3.19. The Bertz CT molecular complexity index is 594. The van der Waals surface area contributed by atoms with E-state index in [-0.39, 0.29) is 18.4 Å². The third-order valence-corrected chi connectivity index (χ3v) is 4.20. The number of carbonyl (C=O) groups is 1. The van der Waals surface area contributed by atoms with Gasteiger partial charge in [0.15, 0.2) is 6.29 Å². The number of nitrogens with one attached hydrogen (secondary N) is 2. The van der Waals surface area contributed by atoms with Crippen molar-refractivity contribution in [3.05, 3.63) is 29.3 Å². The highest BCUT2D eigenvalue weighted by Gasteiger charge is 2.27. The molecule has 2 unspecified atom stereocenters. The van der Waals surface area contributed by atoms with E-state index < -0.39 is 11.7 Å². The molecule has 1 amide bonds. The number of hydrogen-bond acceptors (Lipinski definition) is 5. The Kier molecular flexibility index (Phi) is 6.43. The van der Waals surface area contributed by atoms with Gasteiger partial charge in [-0.3, -0.25) is 5.32 Å². The molecule has 6 heteroatoms. The maximum atomic E-state index is 11.9. The van der Waals surface area contributed by atoms with Gasteiger partial charge in [-0.05, 0) is 63.8 Å². The van der Waals surface area contributed by atoms with Crippen molar-refractivity contribution in [1.82, 2.24) is 5.32 Å². The van der Waals surface area contributed by atoms with Crippen molar-refractivity contribution >= 4 is 11.8 Å². The van der Waals surface area contributed by atoms with Gasteiger partial charge in [-0.1, -0.05) is 6.07 Å². The lowest BCUT2D eigenvalue weighted by molar-refractivity contribution is -0.121. The van der Waals surface area contributed by atoms with Crippen LogP contribution in [0.2, 0.25) is 0 Å². The highest BCUT2D eigenvalue weighted by molar-refractivity contribution is 5.85. The van der Waals surface area contributed by atoms with Crippen molar-refractivity contribution < 1.29 is 19.0 Å². The summed E-state index contributed by atoms with van der Waals surface area (Å²) in [6, 6.07) is 6.33. The topological polar surface area (TPSA) is 68.8 Å². The molecule has 0 aromatic heterocycles. The molecule has 2 rings (SSSR count). The molecule has 25 heavy (non-hydrogen) atoms. The monoisotopic (exact) mass is 350 g/mol. The smallest absolute Gasteiger partial charge is 0.412 e. The van der Waals surface area contributed by atoms with Crippen LogP contribution in [0.5, 0.6) is 0 Å².